The lowest BCUT2D eigenvalue weighted by Gasteiger charge is -2.09. The van der Waals surface area contributed by atoms with Crippen LogP contribution in [0.2, 0.25) is 0 Å². The van der Waals surface area contributed by atoms with E-state index in [9.17, 15) is 14.0 Å². The van der Waals surface area contributed by atoms with Crippen molar-refractivity contribution in [2.75, 3.05) is 17.2 Å². The van der Waals surface area contributed by atoms with E-state index in [1.54, 1.807) is 24.3 Å². The second kappa shape index (κ2) is 9.08. The Morgan fingerprint density at radius 3 is 2.61 bits per heavy atom. The number of anilines is 2. The van der Waals surface area contributed by atoms with Crippen molar-refractivity contribution in [1.29, 1.82) is 0 Å². The van der Waals surface area contributed by atoms with Gasteiger partial charge in [-0.2, -0.15) is 0 Å². The molecule has 0 saturated heterocycles. The molecule has 4 aromatic rings. The fourth-order valence-electron chi connectivity index (χ4n) is 3.22. The largest absolute Gasteiger partial charge is 0.361 e. The van der Waals surface area contributed by atoms with Crippen molar-refractivity contribution in [3.8, 4) is 0 Å². The number of rotatable bonds is 6. The minimum atomic E-state index is -0.433. The molecular formula is C23H20FN5O2. The summed E-state index contributed by atoms with van der Waals surface area (Å²) in [5.74, 6) is -0.616. The molecule has 0 bridgehead atoms. The van der Waals surface area contributed by atoms with Gasteiger partial charge in [-0.25, -0.2) is 9.18 Å². The number of aromatic amines is 1. The molecule has 0 unspecified atom stereocenters. The summed E-state index contributed by atoms with van der Waals surface area (Å²) >= 11 is 0. The van der Waals surface area contributed by atoms with Gasteiger partial charge in [-0.05, 0) is 48.4 Å². The normalized spacial score (nSPS) is 10.6. The number of hydrogen-bond acceptors (Lipinski definition) is 3. The van der Waals surface area contributed by atoms with Gasteiger partial charge in [0.25, 0.3) is 5.91 Å². The molecule has 4 N–H and O–H groups in total. The van der Waals surface area contributed by atoms with Gasteiger partial charge in [0.05, 0.1) is 17.4 Å². The quantitative estimate of drug-likeness (QED) is 0.376. The topological polar surface area (TPSA) is 98.9 Å². The van der Waals surface area contributed by atoms with E-state index in [-0.39, 0.29) is 11.7 Å². The molecule has 0 atom stereocenters. The van der Waals surface area contributed by atoms with Crippen LogP contribution in [0.1, 0.15) is 15.9 Å². The zero-order chi connectivity index (χ0) is 21.6. The highest BCUT2D eigenvalue weighted by Crippen LogP contribution is 2.19. The summed E-state index contributed by atoms with van der Waals surface area (Å²) in [6.45, 7) is 0.369. The number of H-pyrrole nitrogens is 1. The van der Waals surface area contributed by atoms with Crippen molar-refractivity contribution >= 4 is 34.2 Å². The van der Waals surface area contributed by atoms with Crippen LogP contribution in [0.3, 0.4) is 0 Å². The number of pyridine rings is 1. The Morgan fingerprint density at radius 2 is 1.77 bits per heavy atom. The number of nitrogens with one attached hydrogen (secondary N) is 4. The Hall–Kier alpha value is -4.20. The first-order chi connectivity index (χ1) is 15.1. The molecule has 0 fully saturated rings. The number of carbonyl (C=O) groups excluding carboxylic acids is 2. The molecular weight excluding hydrogens is 397 g/mol. The summed E-state index contributed by atoms with van der Waals surface area (Å²) in [6.07, 6.45) is 5.24. The van der Waals surface area contributed by atoms with Gasteiger partial charge in [-0.1, -0.05) is 18.2 Å². The molecule has 0 aliphatic heterocycles. The Bertz CT molecular complexity index is 1220. The fraction of sp³-hybridized carbons (Fsp3) is 0.0870. The van der Waals surface area contributed by atoms with Crippen LogP contribution < -0.4 is 16.0 Å². The van der Waals surface area contributed by atoms with Crippen molar-refractivity contribution in [2.45, 2.75) is 6.42 Å². The third-order valence-electron chi connectivity index (χ3n) is 4.70. The van der Waals surface area contributed by atoms with E-state index >= 15 is 0 Å². The highest BCUT2D eigenvalue weighted by Gasteiger charge is 2.10. The van der Waals surface area contributed by atoms with Gasteiger partial charge in [0.2, 0.25) is 0 Å². The van der Waals surface area contributed by atoms with Crippen molar-refractivity contribution in [3.63, 3.8) is 0 Å². The molecule has 7 nitrogen and oxygen atoms in total. The predicted octanol–water partition coefficient (Wildman–Crippen LogP) is 4.32. The van der Waals surface area contributed by atoms with Crippen LogP contribution >= 0.6 is 0 Å². The SMILES string of the molecule is O=C(Nc1ccccc1)Nc1cncc(C(=O)NCCc2c[nH]c3ccc(F)cc23)c1. The highest BCUT2D eigenvalue weighted by atomic mass is 19.1. The van der Waals surface area contributed by atoms with E-state index in [1.165, 1.54) is 24.5 Å². The third kappa shape index (κ3) is 5.05. The molecule has 8 heteroatoms. The summed E-state index contributed by atoms with van der Waals surface area (Å²) < 4.78 is 13.5. The van der Waals surface area contributed by atoms with Gasteiger partial charge in [0, 0.05) is 35.5 Å². The predicted molar refractivity (Wildman–Crippen MR) is 118 cm³/mol. The lowest BCUT2D eigenvalue weighted by molar-refractivity contribution is 0.0953. The number of halogens is 1. The first-order valence-corrected chi connectivity index (χ1v) is 9.70. The Kier molecular flexibility index (Phi) is 5.89. The second-order valence-corrected chi connectivity index (χ2v) is 6.92. The summed E-state index contributed by atoms with van der Waals surface area (Å²) in [6, 6.07) is 14.7. The molecule has 0 aliphatic carbocycles. The Labute approximate surface area is 177 Å². The van der Waals surface area contributed by atoms with E-state index in [4.69, 9.17) is 0 Å². The number of fused-ring (bicyclic) bond motifs is 1. The monoisotopic (exact) mass is 417 g/mol. The Morgan fingerprint density at radius 1 is 0.968 bits per heavy atom. The lowest BCUT2D eigenvalue weighted by Crippen LogP contribution is -2.26. The van der Waals surface area contributed by atoms with Gasteiger partial charge in [-0.15, -0.1) is 0 Å². The van der Waals surface area contributed by atoms with E-state index in [0.717, 1.165) is 16.5 Å². The fourth-order valence-corrected chi connectivity index (χ4v) is 3.22. The number of nitrogens with zero attached hydrogens (tertiary/aromatic N) is 1. The number of hydrogen-bond donors (Lipinski definition) is 4. The molecule has 31 heavy (non-hydrogen) atoms. The van der Waals surface area contributed by atoms with Crippen LogP contribution in [0.25, 0.3) is 10.9 Å². The standard InChI is InChI=1S/C23H20FN5O2/c24-17-6-7-21-20(11-17)15(13-27-21)8-9-26-22(30)16-10-19(14-25-12-16)29-23(31)28-18-4-2-1-3-5-18/h1-7,10-14,27H,8-9H2,(H,26,30)(H2,28,29,31). The van der Waals surface area contributed by atoms with Gasteiger partial charge >= 0.3 is 6.03 Å². The van der Waals surface area contributed by atoms with Gasteiger partial charge in [0.1, 0.15) is 5.82 Å². The minimum absolute atomic E-state index is 0.302. The molecule has 2 heterocycles. The molecule has 156 valence electrons. The maximum absolute atomic E-state index is 13.5. The number of para-hydroxylation sites is 1. The van der Waals surface area contributed by atoms with Crippen LogP contribution in [-0.2, 0) is 6.42 Å². The minimum Gasteiger partial charge on any atom is -0.361 e. The summed E-state index contributed by atoms with van der Waals surface area (Å²) in [5, 5.41) is 8.98. The molecule has 3 amide bonds. The van der Waals surface area contributed by atoms with Crippen LogP contribution in [0, 0.1) is 5.82 Å². The van der Waals surface area contributed by atoms with Crippen molar-refractivity contribution < 1.29 is 14.0 Å². The van der Waals surface area contributed by atoms with E-state index < -0.39 is 6.03 Å². The third-order valence-corrected chi connectivity index (χ3v) is 4.70. The second-order valence-electron chi connectivity index (χ2n) is 6.92. The Balaban J connectivity index is 1.33. The summed E-state index contributed by atoms with van der Waals surface area (Å²) in [4.78, 5) is 31.7. The van der Waals surface area contributed by atoms with Gasteiger partial charge < -0.3 is 20.9 Å². The smallest absolute Gasteiger partial charge is 0.323 e. The molecule has 4 rings (SSSR count). The molecule has 0 aliphatic rings. The van der Waals surface area contributed by atoms with Crippen molar-refractivity contribution in [1.82, 2.24) is 15.3 Å². The van der Waals surface area contributed by atoms with Crippen molar-refractivity contribution in [2.24, 2.45) is 0 Å². The van der Waals surface area contributed by atoms with E-state index in [2.05, 4.69) is 25.9 Å². The number of aromatic nitrogens is 2. The van der Waals surface area contributed by atoms with Gasteiger partial charge in [0.15, 0.2) is 0 Å². The van der Waals surface area contributed by atoms with Crippen molar-refractivity contribution in [3.05, 3.63) is 90.1 Å². The maximum atomic E-state index is 13.5. The van der Waals surface area contributed by atoms with E-state index in [1.807, 2.05) is 24.4 Å². The molecule has 0 spiro atoms. The average Bonchev–Trinajstić information content (AvgIpc) is 3.16. The zero-order valence-corrected chi connectivity index (χ0v) is 16.5. The lowest BCUT2D eigenvalue weighted by atomic mass is 10.1. The molecule has 2 aromatic carbocycles. The molecule has 0 saturated carbocycles. The number of benzene rings is 2. The molecule has 0 radical (unpaired) electrons. The number of carbonyl (C=O) groups is 2. The summed E-state index contributed by atoms with van der Waals surface area (Å²) in [5.41, 5.74) is 3.13. The van der Waals surface area contributed by atoms with Crippen LogP contribution in [0.5, 0.6) is 0 Å². The first-order valence-electron chi connectivity index (χ1n) is 9.70. The van der Waals surface area contributed by atoms with E-state index in [0.29, 0.717) is 29.9 Å². The van der Waals surface area contributed by atoms with Gasteiger partial charge in [-0.3, -0.25) is 9.78 Å². The zero-order valence-electron chi connectivity index (χ0n) is 16.5. The average molecular weight is 417 g/mol. The number of urea groups is 1. The van der Waals surface area contributed by atoms with Crippen LogP contribution in [-0.4, -0.2) is 28.5 Å². The maximum Gasteiger partial charge on any atom is 0.323 e. The first kappa shape index (κ1) is 20.1. The van der Waals surface area contributed by atoms with Crippen LogP contribution in [0.4, 0.5) is 20.6 Å². The highest BCUT2D eigenvalue weighted by molar-refractivity contribution is 6.01. The number of amides is 3. The summed E-state index contributed by atoms with van der Waals surface area (Å²) in [7, 11) is 0. The molecule has 2 aromatic heterocycles. The van der Waals surface area contributed by atoms with Crippen LogP contribution in [0.15, 0.2) is 73.2 Å².